The first-order chi connectivity index (χ1) is 20.8. The Hall–Kier alpha value is -4.21. The maximum absolute atomic E-state index is 16.5. The average Bonchev–Trinajstić information content (AvgIpc) is 3.65. The van der Waals surface area contributed by atoms with Crippen LogP contribution in [-0.4, -0.2) is 84.1 Å². The Morgan fingerprint density at radius 2 is 2.02 bits per heavy atom. The lowest BCUT2D eigenvalue weighted by Gasteiger charge is -2.39. The van der Waals surface area contributed by atoms with Crippen LogP contribution in [0.4, 0.5) is 19.0 Å². The van der Waals surface area contributed by atoms with Crippen molar-refractivity contribution in [3.8, 4) is 17.1 Å². The van der Waals surface area contributed by atoms with Crippen molar-refractivity contribution in [1.82, 2.24) is 19.8 Å². The summed E-state index contributed by atoms with van der Waals surface area (Å²) >= 11 is 1.48. The summed E-state index contributed by atoms with van der Waals surface area (Å²) < 4.78 is 53.1. The molecule has 0 bridgehead atoms. The lowest BCUT2D eigenvalue weighted by molar-refractivity contribution is -0.131. The van der Waals surface area contributed by atoms with Crippen molar-refractivity contribution < 1.29 is 22.7 Å². The van der Waals surface area contributed by atoms with E-state index in [4.69, 9.17) is 11.3 Å². The fraction of sp³-hybridized carbons (Fsp3) is 0.355. The van der Waals surface area contributed by atoms with E-state index in [1.807, 2.05) is 24.6 Å². The zero-order valence-corrected chi connectivity index (χ0v) is 24.3. The number of benzene rings is 2. The molecule has 8 nitrogen and oxygen atoms in total. The third kappa shape index (κ3) is 5.39. The summed E-state index contributed by atoms with van der Waals surface area (Å²) in [5, 5.41) is 2.74. The van der Waals surface area contributed by atoms with Crippen LogP contribution in [0.25, 0.3) is 37.0 Å². The molecule has 2 aromatic carbocycles. The van der Waals surface area contributed by atoms with Crippen molar-refractivity contribution in [2.45, 2.75) is 24.9 Å². The zero-order valence-electron chi connectivity index (χ0n) is 23.5. The van der Waals surface area contributed by atoms with Crippen molar-refractivity contribution in [1.29, 1.82) is 0 Å². The minimum atomic E-state index is -1.11. The highest BCUT2D eigenvalue weighted by Crippen LogP contribution is 2.39. The molecule has 2 aliphatic heterocycles. The van der Waals surface area contributed by atoms with Gasteiger partial charge in [-0.25, -0.2) is 19.7 Å². The Kier molecular flexibility index (Phi) is 7.94. The van der Waals surface area contributed by atoms with Gasteiger partial charge in [0.1, 0.15) is 29.8 Å². The van der Waals surface area contributed by atoms with Gasteiger partial charge in [-0.15, -0.1) is 11.3 Å². The van der Waals surface area contributed by atoms with Crippen LogP contribution < -0.4 is 9.64 Å². The molecule has 2 aromatic heterocycles. The number of anilines is 1. The third-order valence-electron chi connectivity index (χ3n) is 8.26. The van der Waals surface area contributed by atoms with Gasteiger partial charge in [0.15, 0.2) is 11.6 Å². The van der Waals surface area contributed by atoms with Gasteiger partial charge in [-0.05, 0) is 55.6 Å². The SMILES string of the molecule is [C-]#[N+]C[C@H]1CN(c2nc(OC[C@@H]3CCCN3C)nc3c(F)c(-c4cccc5sccc45)c(F)cc23)CCN1C(=O)C(=C)F. The monoisotopic (exact) mass is 606 g/mol. The molecule has 6 rings (SSSR count). The summed E-state index contributed by atoms with van der Waals surface area (Å²) in [5.41, 5.74) is 0.132. The van der Waals surface area contributed by atoms with E-state index < -0.39 is 29.4 Å². The number of nitrogens with zero attached hydrogens (tertiary/aromatic N) is 6. The molecule has 43 heavy (non-hydrogen) atoms. The van der Waals surface area contributed by atoms with E-state index in [1.165, 1.54) is 22.3 Å². The number of ether oxygens (including phenoxy) is 1. The van der Waals surface area contributed by atoms with Crippen LogP contribution >= 0.6 is 11.3 Å². The lowest BCUT2D eigenvalue weighted by Crippen LogP contribution is -2.56. The number of likely N-dealkylation sites (tertiary alicyclic amines) is 1. The van der Waals surface area contributed by atoms with Gasteiger partial charge in [0.05, 0.1) is 5.56 Å². The second kappa shape index (κ2) is 11.8. The number of hydrogen-bond acceptors (Lipinski definition) is 7. The van der Waals surface area contributed by atoms with E-state index >= 15 is 8.78 Å². The van der Waals surface area contributed by atoms with Crippen molar-refractivity contribution in [3.63, 3.8) is 0 Å². The first-order valence-electron chi connectivity index (χ1n) is 14.0. The number of rotatable bonds is 7. The minimum Gasteiger partial charge on any atom is -0.462 e. The van der Waals surface area contributed by atoms with Gasteiger partial charge in [0.25, 0.3) is 5.91 Å². The number of thiophene rings is 1. The van der Waals surface area contributed by atoms with Crippen LogP contribution in [0.5, 0.6) is 6.01 Å². The molecule has 0 saturated carbocycles. The highest BCUT2D eigenvalue weighted by atomic mass is 32.1. The second-order valence-electron chi connectivity index (χ2n) is 10.8. The lowest BCUT2D eigenvalue weighted by atomic mass is 9.99. The van der Waals surface area contributed by atoms with E-state index in [2.05, 4.69) is 26.3 Å². The Morgan fingerprint density at radius 1 is 1.19 bits per heavy atom. The predicted molar refractivity (Wildman–Crippen MR) is 161 cm³/mol. The minimum absolute atomic E-state index is 0.0506. The molecule has 0 unspecified atom stereocenters. The largest absolute Gasteiger partial charge is 0.462 e. The van der Waals surface area contributed by atoms with E-state index in [9.17, 15) is 9.18 Å². The predicted octanol–water partition coefficient (Wildman–Crippen LogP) is 5.68. The molecule has 2 saturated heterocycles. The summed E-state index contributed by atoms with van der Waals surface area (Å²) in [4.78, 5) is 30.1. The maximum atomic E-state index is 16.5. The van der Waals surface area contributed by atoms with Crippen LogP contribution in [0.3, 0.4) is 0 Å². The van der Waals surface area contributed by atoms with E-state index in [1.54, 1.807) is 17.0 Å². The fourth-order valence-electron chi connectivity index (χ4n) is 6.02. The van der Waals surface area contributed by atoms with Gasteiger partial charge >= 0.3 is 6.01 Å². The number of fused-ring (bicyclic) bond motifs is 2. The molecular formula is C31H29F3N6O2S. The van der Waals surface area contributed by atoms with Gasteiger partial charge in [0.2, 0.25) is 6.54 Å². The molecule has 2 fully saturated rings. The number of aromatic nitrogens is 2. The van der Waals surface area contributed by atoms with Gasteiger partial charge in [0, 0.05) is 41.1 Å². The summed E-state index contributed by atoms with van der Waals surface area (Å²) in [6.45, 7) is 12.0. The molecule has 2 aliphatic rings. The van der Waals surface area contributed by atoms with Crippen LogP contribution in [0.2, 0.25) is 0 Å². The number of halogens is 3. The van der Waals surface area contributed by atoms with Crippen LogP contribution in [-0.2, 0) is 4.79 Å². The first kappa shape index (κ1) is 28.9. The molecule has 4 aromatic rings. The molecule has 222 valence electrons. The number of likely N-dealkylation sites (N-methyl/N-ethyl adjacent to an activating group) is 1. The van der Waals surface area contributed by atoms with Crippen LogP contribution in [0.1, 0.15) is 12.8 Å². The Morgan fingerprint density at radius 3 is 2.77 bits per heavy atom. The molecule has 0 N–H and O–H groups in total. The molecule has 1 amide bonds. The highest BCUT2D eigenvalue weighted by molar-refractivity contribution is 7.17. The molecule has 0 spiro atoms. The zero-order chi connectivity index (χ0) is 30.2. The maximum Gasteiger partial charge on any atom is 0.319 e. The molecule has 0 radical (unpaired) electrons. The van der Waals surface area contributed by atoms with E-state index in [0.29, 0.717) is 12.2 Å². The number of piperazine rings is 1. The number of carbonyl (C=O) groups excluding carboxylic acids is 1. The summed E-state index contributed by atoms with van der Waals surface area (Å²) in [7, 11) is 2.01. The van der Waals surface area contributed by atoms with Crippen LogP contribution in [0.15, 0.2) is 48.1 Å². The van der Waals surface area contributed by atoms with Crippen molar-refractivity contribution in [3.05, 3.63) is 71.2 Å². The number of hydrogen-bond donors (Lipinski definition) is 0. The van der Waals surface area contributed by atoms with Crippen LogP contribution in [0, 0.1) is 18.2 Å². The third-order valence-corrected chi connectivity index (χ3v) is 9.14. The molecule has 12 heteroatoms. The summed E-state index contributed by atoms with van der Waals surface area (Å²) in [5.74, 6) is -3.37. The normalized spacial score (nSPS) is 19.2. The Balaban J connectivity index is 1.46. The summed E-state index contributed by atoms with van der Waals surface area (Å²) in [6.07, 6.45) is 1.98. The van der Waals surface area contributed by atoms with Gasteiger partial charge in [-0.2, -0.15) is 9.97 Å². The molecule has 4 heterocycles. The standard InChI is InChI=1S/C31H29F3N6O2S/c1-18(32)30(41)40-12-11-39(16-20(40)15-35-2)29-23-14-24(33)26(22-7-4-8-25-21(22)9-13-43-25)27(34)28(23)36-31(37-29)42-17-19-6-5-10-38(19)3/h4,7-9,13-14,19-20H,1,5-6,10-12,15-17H2,3H3/t19-,20-/m0/s1. The molecule has 0 aliphatic carbocycles. The van der Waals surface area contributed by atoms with Gasteiger partial charge in [-0.3, -0.25) is 4.79 Å². The quantitative estimate of drug-likeness (QED) is 0.199. The van der Waals surface area contributed by atoms with Gasteiger partial charge in [-0.1, -0.05) is 18.7 Å². The smallest absolute Gasteiger partial charge is 0.319 e. The average molecular weight is 607 g/mol. The topological polar surface area (TPSA) is 66.2 Å². The first-order valence-corrected chi connectivity index (χ1v) is 14.9. The second-order valence-corrected chi connectivity index (χ2v) is 11.8. The highest BCUT2D eigenvalue weighted by Gasteiger charge is 2.35. The number of carbonyl (C=O) groups is 1. The van der Waals surface area contributed by atoms with Crippen molar-refractivity contribution in [2.75, 3.05) is 51.3 Å². The fourth-order valence-corrected chi connectivity index (χ4v) is 6.83. The van der Waals surface area contributed by atoms with Crippen molar-refractivity contribution in [2.24, 2.45) is 0 Å². The molecular weight excluding hydrogens is 577 g/mol. The van der Waals surface area contributed by atoms with Crippen molar-refractivity contribution >= 4 is 44.1 Å². The van der Waals surface area contributed by atoms with E-state index in [0.717, 1.165) is 29.5 Å². The molecule has 2 atom stereocenters. The number of amides is 1. The van der Waals surface area contributed by atoms with E-state index in [-0.39, 0.29) is 60.5 Å². The van der Waals surface area contributed by atoms with Gasteiger partial charge < -0.3 is 24.3 Å². The summed E-state index contributed by atoms with van der Waals surface area (Å²) in [6, 6.07) is 7.83. The Labute approximate surface area is 250 Å². The Bertz CT molecular complexity index is 1770.